The van der Waals surface area contributed by atoms with Crippen LogP contribution in [-0.4, -0.2) is 27.0 Å². The van der Waals surface area contributed by atoms with Crippen LogP contribution < -0.4 is 14.9 Å². The summed E-state index contributed by atoms with van der Waals surface area (Å²) in [5.74, 6) is -0.146. The van der Waals surface area contributed by atoms with E-state index in [1.54, 1.807) is 38.1 Å². The van der Waals surface area contributed by atoms with Crippen LogP contribution in [0.2, 0.25) is 0 Å². The number of non-ortho nitro benzene ring substituents is 2. The van der Waals surface area contributed by atoms with Crippen LogP contribution in [0.15, 0.2) is 86.1 Å². The van der Waals surface area contributed by atoms with Gasteiger partial charge >= 0.3 is 5.97 Å². The molecule has 0 saturated heterocycles. The van der Waals surface area contributed by atoms with Gasteiger partial charge in [-0.3, -0.25) is 29.6 Å². The number of benzene rings is 2. The average molecular weight is 561 g/mol. The number of nitro groups is 2. The number of fused-ring (bicyclic) bond motifs is 1. The molecule has 0 unspecified atom stereocenters. The van der Waals surface area contributed by atoms with Crippen LogP contribution in [-0.2, 0) is 9.53 Å². The average Bonchev–Trinajstić information content (AvgIpc) is 3.53. The number of thiazole rings is 1. The summed E-state index contributed by atoms with van der Waals surface area (Å²) in [4.78, 5) is 53.0. The first-order valence-corrected chi connectivity index (χ1v) is 12.8. The van der Waals surface area contributed by atoms with Gasteiger partial charge in [-0.2, -0.15) is 0 Å². The van der Waals surface area contributed by atoms with Crippen molar-refractivity contribution in [3.63, 3.8) is 0 Å². The second-order valence-corrected chi connectivity index (χ2v) is 9.67. The minimum Gasteiger partial charge on any atom is -0.463 e. The van der Waals surface area contributed by atoms with Gasteiger partial charge in [0.05, 0.1) is 32.3 Å². The van der Waals surface area contributed by atoms with E-state index >= 15 is 0 Å². The molecule has 0 aliphatic carbocycles. The molecule has 0 spiro atoms. The highest BCUT2D eigenvalue weighted by atomic mass is 32.1. The fraction of sp³-hybridized carbons (Fsp3) is 0.148. The number of ether oxygens (including phenoxy) is 1. The first-order chi connectivity index (χ1) is 19.2. The molecule has 2 aromatic heterocycles. The van der Waals surface area contributed by atoms with E-state index in [1.165, 1.54) is 47.0 Å². The Bertz CT molecular complexity index is 1900. The first-order valence-electron chi connectivity index (χ1n) is 12.0. The van der Waals surface area contributed by atoms with Crippen molar-refractivity contribution in [1.29, 1.82) is 0 Å². The molecule has 13 heteroatoms. The summed E-state index contributed by atoms with van der Waals surface area (Å²) in [5, 5.41) is 22.4. The summed E-state index contributed by atoms with van der Waals surface area (Å²) >= 11 is 1.06. The summed E-state index contributed by atoms with van der Waals surface area (Å²) in [6, 6.07) is 13.9. The van der Waals surface area contributed by atoms with E-state index in [1.807, 2.05) is 0 Å². The van der Waals surface area contributed by atoms with Gasteiger partial charge in [-0.1, -0.05) is 35.6 Å². The minimum atomic E-state index is -1.03. The van der Waals surface area contributed by atoms with Gasteiger partial charge in [0, 0.05) is 29.8 Å². The molecule has 40 heavy (non-hydrogen) atoms. The Hall–Kier alpha value is -5.17. The summed E-state index contributed by atoms with van der Waals surface area (Å²) in [6.07, 6.45) is 1.52. The van der Waals surface area contributed by atoms with Gasteiger partial charge in [-0.05, 0) is 37.6 Å². The molecular weight excluding hydrogens is 540 g/mol. The van der Waals surface area contributed by atoms with Crippen molar-refractivity contribution in [3.05, 3.63) is 123 Å². The van der Waals surface area contributed by atoms with Crippen LogP contribution in [0.25, 0.3) is 17.4 Å². The largest absolute Gasteiger partial charge is 0.463 e. The van der Waals surface area contributed by atoms with Gasteiger partial charge in [0.15, 0.2) is 4.80 Å². The van der Waals surface area contributed by atoms with Crippen LogP contribution in [0.3, 0.4) is 0 Å². The molecule has 202 valence electrons. The lowest BCUT2D eigenvalue weighted by atomic mass is 10.0. The second-order valence-electron chi connectivity index (χ2n) is 8.66. The highest BCUT2D eigenvalue weighted by Crippen LogP contribution is 2.34. The molecule has 0 bridgehead atoms. The third kappa shape index (κ3) is 4.85. The number of nitro benzene ring substituents is 2. The maximum Gasteiger partial charge on any atom is 0.338 e. The smallest absolute Gasteiger partial charge is 0.338 e. The van der Waals surface area contributed by atoms with Gasteiger partial charge in [-0.25, -0.2) is 9.79 Å². The van der Waals surface area contributed by atoms with Crippen LogP contribution >= 0.6 is 11.3 Å². The molecule has 4 aromatic rings. The van der Waals surface area contributed by atoms with E-state index < -0.39 is 27.4 Å². The van der Waals surface area contributed by atoms with E-state index in [9.17, 15) is 29.8 Å². The molecule has 5 rings (SSSR count). The second kappa shape index (κ2) is 10.5. The Morgan fingerprint density at radius 3 is 2.50 bits per heavy atom. The van der Waals surface area contributed by atoms with E-state index in [4.69, 9.17) is 9.15 Å². The van der Waals surface area contributed by atoms with E-state index in [-0.39, 0.29) is 33.8 Å². The fourth-order valence-corrected chi connectivity index (χ4v) is 5.41. The van der Waals surface area contributed by atoms with Crippen LogP contribution in [0.5, 0.6) is 0 Å². The summed E-state index contributed by atoms with van der Waals surface area (Å²) in [5.41, 5.74) is 0.607. The number of carbonyl (C=O) groups excluding carboxylic acids is 1. The Balaban J connectivity index is 1.68. The number of esters is 1. The molecule has 2 aromatic carbocycles. The van der Waals surface area contributed by atoms with Crippen molar-refractivity contribution in [2.75, 3.05) is 6.61 Å². The lowest BCUT2D eigenvalue weighted by molar-refractivity contribution is -0.385. The molecule has 12 nitrogen and oxygen atoms in total. The summed E-state index contributed by atoms with van der Waals surface area (Å²) < 4.78 is 12.9. The predicted molar refractivity (Wildman–Crippen MR) is 144 cm³/mol. The van der Waals surface area contributed by atoms with Gasteiger partial charge in [0.2, 0.25) is 0 Å². The number of allylic oxidation sites excluding steroid dienone is 1. The quantitative estimate of drug-likeness (QED) is 0.187. The molecule has 3 heterocycles. The molecule has 0 amide bonds. The highest BCUT2D eigenvalue weighted by molar-refractivity contribution is 7.07. The lowest BCUT2D eigenvalue weighted by Gasteiger charge is -2.22. The van der Waals surface area contributed by atoms with Crippen LogP contribution in [0.1, 0.15) is 31.2 Å². The third-order valence-corrected chi connectivity index (χ3v) is 7.12. The number of hydrogen-bond donors (Lipinski definition) is 0. The summed E-state index contributed by atoms with van der Waals surface area (Å²) in [6.45, 7) is 3.38. The van der Waals surface area contributed by atoms with Crippen molar-refractivity contribution in [3.8, 4) is 11.3 Å². The van der Waals surface area contributed by atoms with Gasteiger partial charge < -0.3 is 9.15 Å². The van der Waals surface area contributed by atoms with E-state index in [2.05, 4.69) is 4.99 Å². The number of rotatable bonds is 7. The predicted octanol–water partition coefficient (Wildman–Crippen LogP) is 3.87. The zero-order chi connectivity index (χ0) is 28.6. The number of hydrogen-bond acceptors (Lipinski definition) is 10. The SMILES string of the molecule is CCOC(=O)C1=C(C)N=c2s/c(=C\c3cccc([N+](=O)[O-])c3)c(=O)n2[C@@H]1c1ccc(-c2cccc([N+](=O)[O-])c2)o1. The maximum absolute atomic E-state index is 13.7. The van der Waals surface area contributed by atoms with Crippen molar-refractivity contribution in [2.45, 2.75) is 19.9 Å². The number of carbonyl (C=O) groups is 1. The van der Waals surface area contributed by atoms with Gasteiger partial charge in [-0.15, -0.1) is 0 Å². The lowest BCUT2D eigenvalue weighted by Crippen LogP contribution is -2.39. The van der Waals surface area contributed by atoms with Gasteiger partial charge in [0.25, 0.3) is 16.9 Å². The first kappa shape index (κ1) is 26.4. The monoisotopic (exact) mass is 560 g/mol. The summed E-state index contributed by atoms with van der Waals surface area (Å²) in [7, 11) is 0. The molecule has 0 fully saturated rings. The molecule has 1 atom stereocenters. The zero-order valence-electron chi connectivity index (χ0n) is 21.1. The highest BCUT2D eigenvalue weighted by Gasteiger charge is 2.35. The van der Waals surface area contributed by atoms with Crippen molar-refractivity contribution < 1.29 is 23.8 Å². The molecule has 1 aliphatic rings. The molecule has 0 radical (unpaired) electrons. The molecule has 0 N–H and O–H groups in total. The topological polar surface area (TPSA) is 160 Å². The standard InChI is InChI=1S/C27H20N4O8S/c1-3-38-26(33)23-15(2)28-27-29(25(32)22(40-27)13-16-6-4-8-18(12-16)30(34)35)24(23)21-11-10-20(39-21)17-7-5-9-19(14-17)31(36)37/h4-14,24H,3H2,1-2H3/b22-13-/t24-/m1/s1. The van der Waals surface area contributed by atoms with Crippen molar-refractivity contribution in [2.24, 2.45) is 4.99 Å². The Morgan fingerprint density at radius 2 is 1.80 bits per heavy atom. The minimum absolute atomic E-state index is 0.0939. The fourth-order valence-electron chi connectivity index (χ4n) is 4.37. The number of furan rings is 1. The zero-order valence-corrected chi connectivity index (χ0v) is 21.9. The molecular formula is C27H20N4O8S. The number of aromatic nitrogens is 1. The Morgan fingerprint density at radius 1 is 1.10 bits per heavy atom. The van der Waals surface area contributed by atoms with Crippen LogP contribution in [0.4, 0.5) is 11.4 Å². The van der Waals surface area contributed by atoms with Crippen LogP contribution in [0, 0.1) is 20.2 Å². The third-order valence-electron chi connectivity index (χ3n) is 6.13. The Labute approximate surface area is 229 Å². The van der Waals surface area contributed by atoms with Gasteiger partial charge in [0.1, 0.15) is 17.6 Å². The van der Waals surface area contributed by atoms with Crippen molar-refractivity contribution >= 4 is 34.8 Å². The number of nitrogens with zero attached hydrogens (tertiary/aromatic N) is 4. The van der Waals surface area contributed by atoms with E-state index in [0.717, 1.165) is 11.3 Å². The normalized spacial score (nSPS) is 14.9. The molecule has 1 aliphatic heterocycles. The van der Waals surface area contributed by atoms with E-state index in [0.29, 0.717) is 27.4 Å². The maximum atomic E-state index is 13.7. The molecule has 0 saturated carbocycles. The Kier molecular flexibility index (Phi) is 6.96. The van der Waals surface area contributed by atoms with Crippen molar-refractivity contribution in [1.82, 2.24) is 4.57 Å².